The summed E-state index contributed by atoms with van der Waals surface area (Å²) < 4.78 is 6.60. The van der Waals surface area contributed by atoms with Crippen molar-refractivity contribution in [1.82, 2.24) is 15.0 Å². The zero-order valence-electron chi connectivity index (χ0n) is 33.0. The Morgan fingerprint density at radius 1 is 0.279 bits per heavy atom. The van der Waals surface area contributed by atoms with Crippen LogP contribution >= 0.6 is 0 Å². The van der Waals surface area contributed by atoms with Gasteiger partial charge in [-0.3, -0.25) is 0 Å². The van der Waals surface area contributed by atoms with Crippen LogP contribution < -0.4 is 0 Å². The van der Waals surface area contributed by atoms with E-state index in [1.54, 1.807) is 0 Å². The van der Waals surface area contributed by atoms with Crippen molar-refractivity contribution in [2.75, 3.05) is 0 Å². The first kappa shape index (κ1) is 34.8. The summed E-state index contributed by atoms with van der Waals surface area (Å²) >= 11 is 0. The van der Waals surface area contributed by atoms with Crippen molar-refractivity contribution in [3.63, 3.8) is 0 Å². The maximum absolute atomic E-state index is 6.60. The SMILES string of the molecule is c1ccc(-c2ccc3ccccc3c2-c2nc(-c3cccc4ccc(-c5cc(-c6ccccc6)c6ccccc6c5)cc34)nc(-c3cccc4c3oc3ccccc34)n2)cc1. The van der Waals surface area contributed by atoms with Crippen LogP contribution in [0.2, 0.25) is 0 Å². The van der Waals surface area contributed by atoms with Crippen molar-refractivity contribution in [2.24, 2.45) is 0 Å². The third-order valence-corrected chi connectivity index (χ3v) is 11.9. The average molecular weight is 778 g/mol. The summed E-state index contributed by atoms with van der Waals surface area (Å²) in [5.74, 6) is 1.73. The second-order valence-corrected chi connectivity index (χ2v) is 15.5. The Kier molecular flexibility index (Phi) is 8.13. The Hall–Kier alpha value is -8.21. The molecule has 10 aromatic carbocycles. The molecule has 0 atom stereocenters. The average Bonchev–Trinajstić information content (AvgIpc) is 3.72. The normalized spacial score (nSPS) is 11.6. The van der Waals surface area contributed by atoms with Crippen LogP contribution in [0, 0.1) is 0 Å². The molecule has 2 heterocycles. The number of benzene rings is 10. The third-order valence-electron chi connectivity index (χ3n) is 11.9. The quantitative estimate of drug-likeness (QED) is 0.169. The number of nitrogens with zero attached hydrogens (tertiary/aromatic N) is 3. The smallest absolute Gasteiger partial charge is 0.167 e. The Morgan fingerprint density at radius 2 is 0.852 bits per heavy atom. The lowest BCUT2D eigenvalue weighted by molar-refractivity contribution is 0.669. The predicted octanol–water partition coefficient (Wildman–Crippen LogP) is 15.2. The number of para-hydroxylation sites is 2. The number of rotatable bonds is 6. The molecule has 0 amide bonds. The molecule has 12 aromatic rings. The molecule has 12 rings (SSSR count). The Bertz CT molecular complexity index is 3650. The van der Waals surface area contributed by atoms with Gasteiger partial charge < -0.3 is 4.42 Å². The van der Waals surface area contributed by atoms with Gasteiger partial charge in [0.25, 0.3) is 0 Å². The van der Waals surface area contributed by atoms with Crippen LogP contribution in [0.4, 0.5) is 0 Å². The van der Waals surface area contributed by atoms with Crippen molar-refractivity contribution in [3.8, 4) is 67.5 Å². The first-order chi connectivity index (χ1) is 30.2. The fourth-order valence-corrected chi connectivity index (χ4v) is 9.00. The van der Waals surface area contributed by atoms with E-state index < -0.39 is 0 Å². The van der Waals surface area contributed by atoms with E-state index in [-0.39, 0.29) is 0 Å². The third kappa shape index (κ3) is 5.96. The molecule has 0 bridgehead atoms. The second-order valence-electron chi connectivity index (χ2n) is 15.5. The minimum absolute atomic E-state index is 0.548. The molecule has 0 aliphatic rings. The molecule has 284 valence electrons. The summed E-state index contributed by atoms with van der Waals surface area (Å²) in [6.07, 6.45) is 0. The van der Waals surface area contributed by atoms with Gasteiger partial charge in [0, 0.05) is 21.9 Å². The van der Waals surface area contributed by atoms with Crippen molar-refractivity contribution in [1.29, 1.82) is 0 Å². The standard InChI is InChI=1S/C57H35N3O/c1-3-15-36(16-4-1)45-32-31-38-19-7-10-23-44(38)53(45)57-59-55(58-56(60-57)49-27-14-25-47-46-24-11-12-28-52(46)61-54(47)49)48-26-13-21-39-29-30-40(34-51(39)48)42-33-41-20-8-9-22-43(41)50(35-42)37-17-5-2-6-18-37/h1-35H. The van der Waals surface area contributed by atoms with Crippen molar-refractivity contribution >= 4 is 54.3 Å². The summed E-state index contributed by atoms with van der Waals surface area (Å²) in [6, 6.07) is 74.7. The molecule has 0 spiro atoms. The predicted molar refractivity (Wildman–Crippen MR) is 252 cm³/mol. The monoisotopic (exact) mass is 777 g/mol. The van der Waals surface area contributed by atoms with Crippen LogP contribution in [0.15, 0.2) is 217 Å². The maximum Gasteiger partial charge on any atom is 0.167 e. The molecule has 0 saturated heterocycles. The van der Waals surface area contributed by atoms with Crippen LogP contribution in [0.3, 0.4) is 0 Å². The Labute approximate surface area is 352 Å². The summed E-state index contributed by atoms with van der Waals surface area (Å²) in [5, 5.41) is 8.84. The molecule has 0 fully saturated rings. The number of aromatic nitrogens is 3. The van der Waals surface area contributed by atoms with Gasteiger partial charge in [-0.15, -0.1) is 0 Å². The van der Waals surface area contributed by atoms with E-state index in [1.807, 2.05) is 24.3 Å². The molecular weight excluding hydrogens is 743 g/mol. The topological polar surface area (TPSA) is 51.8 Å². The van der Waals surface area contributed by atoms with Crippen LogP contribution in [-0.2, 0) is 0 Å². The van der Waals surface area contributed by atoms with Crippen molar-refractivity contribution in [3.05, 3.63) is 212 Å². The lowest BCUT2D eigenvalue weighted by Gasteiger charge is -2.16. The Balaban J connectivity index is 1.12. The summed E-state index contributed by atoms with van der Waals surface area (Å²) in [6.45, 7) is 0. The molecule has 0 saturated carbocycles. The first-order valence-corrected chi connectivity index (χ1v) is 20.6. The highest BCUT2D eigenvalue weighted by Gasteiger charge is 2.22. The van der Waals surface area contributed by atoms with E-state index in [9.17, 15) is 0 Å². The van der Waals surface area contributed by atoms with E-state index in [0.29, 0.717) is 17.5 Å². The molecule has 0 aliphatic carbocycles. The number of furan rings is 1. The van der Waals surface area contributed by atoms with Gasteiger partial charge in [0.2, 0.25) is 0 Å². The summed E-state index contributed by atoms with van der Waals surface area (Å²) in [7, 11) is 0. The number of hydrogen-bond donors (Lipinski definition) is 0. The van der Waals surface area contributed by atoms with Gasteiger partial charge in [-0.25, -0.2) is 15.0 Å². The zero-order chi connectivity index (χ0) is 40.3. The van der Waals surface area contributed by atoms with Crippen LogP contribution in [0.25, 0.3) is 122 Å². The van der Waals surface area contributed by atoms with E-state index in [2.05, 4.69) is 188 Å². The van der Waals surface area contributed by atoms with Gasteiger partial charge in [0.05, 0.1) is 5.56 Å². The van der Waals surface area contributed by atoms with Gasteiger partial charge in [0.1, 0.15) is 11.2 Å². The van der Waals surface area contributed by atoms with E-state index in [1.165, 1.54) is 21.9 Å². The molecule has 0 radical (unpaired) electrons. The molecule has 4 nitrogen and oxygen atoms in total. The van der Waals surface area contributed by atoms with Crippen molar-refractivity contribution < 1.29 is 4.42 Å². The van der Waals surface area contributed by atoms with Gasteiger partial charge in [-0.1, -0.05) is 182 Å². The van der Waals surface area contributed by atoms with Crippen molar-refractivity contribution in [2.45, 2.75) is 0 Å². The maximum atomic E-state index is 6.60. The molecule has 61 heavy (non-hydrogen) atoms. The van der Waals surface area contributed by atoms with Gasteiger partial charge >= 0.3 is 0 Å². The first-order valence-electron chi connectivity index (χ1n) is 20.6. The van der Waals surface area contributed by atoms with Crippen LogP contribution in [-0.4, -0.2) is 15.0 Å². The zero-order valence-corrected chi connectivity index (χ0v) is 33.0. The molecule has 0 unspecified atom stereocenters. The molecule has 2 aromatic heterocycles. The van der Waals surface area contributed by atoms with Gasteiger partial charge in [-0.2, -0.15) is 0 Å². The van der Waals surface area contributed by atoms with Crippen LogP contribution in [0.1, 0.15) is 0 Å². The molecule has 4 heteroatoms. The minimum atomic E-state index is 0.548. The highest BCUT2D eigenvalue weighted by Crippen LogP contribution is 2.42. The van der Waals surface area contributed by atoms with Gasteiger partial charge in [0.15, 0.2) is 17.5 Å². The lowest BCUT2D eigenvalue weighted by atomic mass is 9.91. The fourth-order valence-electron chi connectivity index (χ4n) is 9.00. The largest absolute Gasteiger partial charge is 0.455 e. The summed E-state index contributed by atoms with van der Waals surface area (Å²) in [4.78, 5) is 16.2. The number of fused-ring (bicyclic) bond motifs is 6. The Morgan fingerprint density at radius 3 is 1.67 bits per heavy atom. The van der Waals surface area contributed by atoms with Crippen LogP contribution in [0.5, 0.6) is 0 Å². The van der Waals surface area contributed by atoms with E-state index >= 15 is 0 Å². The molecule has 0 N–H and O–H groups in total. The summed E-state index contributed by atoms with van der Waals surface area (Å²) in [5.41, 5.74) is 11.1. The minimum Gasteiger partial charge on any atom is -0.455 e. The molecular formula is C57H35N3O. The number of hydrogen-bond acceptors (Lipinski definition) is 4. The van der Waals surface area contributed by atoms with Gasteiger partial charge in [-0.05, 0) is 96.0 Å². The highest BCUT2D eigenvalue weighted by atomic mass is 16.3. The van der Waals surface area contributed by atoms with E-state index in [4.69, 9.17) is 19.4 Å². The highest BCUT2D eigenvalue weighted by molar-refractivity contribution is 6.10. The molecule has 0 aliphatic heterocycles. The van der Waals surface area contributed by atoms with E-state index in [0.717, 1.165) is 82.4 Å². The fraction of sp³-hybridized carbons (Fsp3) is 0. The lowest BCUT2D eigenvalue weighted by Crippen LogP contribution is -2.02. The second kappa shape index (κ2) is 14.3.